The van der Waals surface area contributed by atoms with Crippen molar-refractivity contribution in [2.75, 3.05) is 7.11 Å². The summed E-state index contributed by atoms with van der Waals surface area (Å²) in [6, 6.07) is 5.74. The Kier molecular flexibility index (Phi) is 4.31. The Labute approximate surface area is 118 Å². The summed E-state index contributed by atoms with van der Waals surface area (Å²) in [6.45, 7) is 0.203. The molecule has 0 unspecified atom stereocenters. The van der Waals surface area contributed by atoms with Crippen LogP contribution in [-0.2, 0) is 11.3 Å². The van der Waals surface area contributed by atoms with Gasteiger partial charge < -0.3 is 9.47 Å². The van der Waals surface area contributed by atoms with Crippen LogP contribution in [-0.4, -0.2) is 18.0 Å². The number of ether oxygens (including phenoxy) is 2. The van der Waals surface area contributed by atoms with Crippen molar-refractivity contribution in [1.29, 1.82) is 0 Å². The fourth-order valence-electron chi connectivity index (χ4n) is 1.56. The third-order valence-corrected chi connectivity index (χ3v) is 3.28. The van der Waals surface area contributed by atoms with E-state index in [1.165, 1.54) is 36.6 Å². The summed E-state index contributed by atoms with van der Waals surface area (Å²) in [5.41, 5.74) is 0.930. The zero-order chi connectivity index (χ0) is 14.5. The SMILES string of the molecule is COC(=O)c1ccc([N+](=O)[O-])c(OCc2ccsc2)c1. The first-order valence-corrected chi connectivity index (χ1v) is 6.56. The van der Waals surface area contributed by atoms with Gasteiger partial charge in [0, 0.05) is 12.1 Å². The summed E-state index contributed by atoms with van der Waals surface area (Å²) >= 11 is 1.51. The number of carbonyl (C=O) groups excluding carboxylic acids is 1. The van der Waals surface area contributed by atoms with Gasteiger partial charge in [0.15, 0.2) is 5.75 Å². The van der Waals surface area contributed by atoms with Crippen LogP contribution in [0.25, 0.3) is 0 Å². The van der Waals surface area contributed by atoms with Crippen LogP contribution in [0, 0.1) is 10.1 Å². The minimum atomic E-state index is -0.569. The van der Waals surface area contributed by atoms with Gasteiger partial charge in [-0.3, -0.25) is 10.1 Å². The smallest absolute Gasteiger partial charge is 0.337 e. The standard InChI is InChI=1S/C13H11NO5S/c1-18-13(15)10-2-3-11(14(16)17)12(6-10)19-7-9-4-5-20-8-9/h2-6,8H,7H2,1H3. The number of carbonyl (C=O) groups is 1. The van der Waals surface area contributed by atoms with Crippen molar-refractivity contribution in [1.82, 2.24) is 0 Å². The van der Waals surface area contributed by atoms with Crippen molar-refractivity contribution in [2.45, 2.75) is 6.61 Å². The second-order valence-electron chi connectivity index (χ2n) is 3.85. The first-order chi connectivity index (χ1) is 9.61. The summed E-state index contributed by atoms with van der Waals surface area (Å²) < 4.78 is 10.0. The molecule has 7 heteroatoms. The second kappa shape index (κ2) is 6.16. The lowest BCUT2D eigenvalue weighted by Gasteiger charge is -2.07. The average molecular weight is 293 g/mol. The summed E-state index contributed by atoms with van der Waals surface area (Å²) in [5, 5.41) is 14.7. The third kappa shape index (κ3) is 3.12. The molecule has 0 N–H and O–H groups in total. The first kappa shape index (κ1) is 14.0. The fraction of sp³-hybridized carbons (Fsp3) is 0.154. The van der Waals surface area contributed by atoms with Crippen molar-refractivity contribution < 1.29 is 19.2 Å². The Bertz CT molecular complexity index is 624. The van der Waals surface area contributed by atoms with Crippen LogP contribution in [0.4, 0.5) is 5.69 Å². The van der Waals surface area contributed by atoms with E-state index < -0.39 is 10.9 Å². The van der Waals surface area contributed by atoms with E-state index in [-0.39, 0.29) is 23.6 Å². The number of benzene rings is 1. The van der Waals surface area contributed by atoms with Gasteiger partial charge >= 0.3 is 11.7 Å². The predicted octanol–water partition coefficient (Wildman–Crippen LogP) is 3.02. The molecule has 0 fully saturated rings. The van der Waals surface area contributed by atoms with Crippen LogP contribution in [0.15, 0.2) is 35.0 Å². The maximum Gasteiger partial charge on any atom is 0.337 e. The lowest BCUT2D eigenvalue weighted by molar-refractivity contribution is -0.385. The highest BCUT2D eigenvalue weighted by Gasteiger charge is 2.18. The molecule has 2 aromatic rings. The summed E-state index contributed by atoms with van der Waals surface area (Å²) in [5.74, 6) is -0.524. The first-order valence-electron chi connectivity index (χ1n) is 5.62. The number of esters is 1. The fourth-order valence-corrected chi connectivity index (χ4v) is 2.21. The lowest BCUT2D eigenvalue weighted by Crippen LogP contribution is -2.04. The number of nitrogens with zero attached hydrogens (tertiary/aromatic N) is 1. The van der Waals surface area contributed by atoms with E-state index in [2.05, 4.69) is 4.74 Å². The largest absolute Gasteiger partial charge is 0.482 e. The number of rotatable bonds is 5. The maximum absolute atomic E-state index is 11.4. The number of nitro groups is 1. The zero-order valence-corrected chi connectivity index (χ0v) is 11.4. The minimum absolute atomic E-state index is 0.0455. The molecule has 2 rings (SSSR count). The van der Waals surface area contributed by atoms with Gasteiger partial charge in [-0.25, -0.2) is 4.79 Å². The average Bonchev–Trinajstić information content (AvgIpc) is 2.97. The van der Waals surface area contributed by atoms with Crippen molar-refractivity contribution in [3.05, 3.63) is 56.3 Å². The van der Waals surface area contributed by atoms with Crippen molar-refractivity contribution in [3.8, 4) is 5.75 Å². The zero-order valence-electron chi connectivity index (χ0n) is 10.6. The monoisotopic (exact) mass is 293 g/mol. The number of thiophene rings is 1. The molecule has 0 aliphatic rings. The molecule has 0 amide bonds. The summed E-state index contributed by atoms with van der Waals surface area (Å²) in [6.07, 6.45) is 0. The lowest BCUT2D eigenvalue weighted by atomic mass is 10.2. The second-order valence-corrected chi connectivity index (χ2v) is 4.63. The van der Waals surface area contributed by atoms with E-state index in [9.17, 15) is 14.9 Å². The van der Waals surface area contributed by atoms with Crippen LogP contribution in [0.1, 0.15) is 15.9 Å². The molecule has 0 aliphatic carbocycles. The van der Waals surface area contributed by atoms with Gasteiger partial charge in [-0.05, 0) is 28.5 Å². The molecule has 1 heterocycles. The van der Waals surface area contributed by atoms with E-state index in [0.29, 0.717) is 0 Å². The van der Waals surface area contributed by atoms with E-state index in [0.717, 1.165) is 5.56 Å². The molecular weight excluding hydrogens is 282 g/mol. The van der Waals surface area contributed by atoms with Crippen LogP contribution in [0.5, 0.6) is 5.75 Å². The molecule has 20 heavy (non-hydrogen) atoms. The normalized spacial score (nSPS) is 10.1. The Morgan fingerprint density at radius 3 is 2.80 bits per heavy atom. The van der Waals surface area contributed by atoms with E-state index in [1.54, 1.807) is 0 Å². The molecule has 0 bridgehead atoms. The Balaban J connectivity index is 2.26. The maximum atomic E-state index is 11.4. The van der Waals surface area contributed by atoms with Crippen LogP contribution in [0.3, 0.4) is 0 Å². The molecule has 0 atom stereocenters. The molecule has 1 aromatic heterocycles. The van der Waals surface area contributed by atoms with Crippen LogP contribution in [0.2, 0.25) is 0 Å². The topological polar surface area (TPSA) is 78.7 Å². The number of hydrogen-bond donors (Lipinski definition) is 0. The summed E-state index contributed by atoms with van der Waals surface area (Å²) in [4.78, 5) is 21.8. The highest BCUT2D eigenvalue weighted by Crippen LogP contribution is 2.29. The van der Waals surface area contributed by atoms with E-state index in [4.69, 9.17) is 4.74 Å². The van der Waals surface area contributed by atoms with Gasteiger partial charge in [0.25, 0.3) is 0 Å². The molecule has 6 nitrogen and oxygen atoms in total. The molecule has 1 aromatic carbocycles. The molecule has 0 saturated heterocycles. The van der Waals surface area contributed by atoms with Gasteiger partial charge in [0.1, 0.15) is 6.61 Å². The van der Waals surface area contributed by atoms with Crippen LogP contribution < -0.4 is 4.74 Å². The molecule has 0 radical (unpaired) electrons. The highest BCUT2D eigenvalue weighted by molar-refractivity contribution is 7.07. The molecular formula is C13H11NO5S. The third-order valence-electron chi connectivity index (χ3n) is 2.55. The van der Waals surface area contributed by atoms with E-state index >= 15 is 0 Å². The Hall–Kier alpha value is -2.41. The Morgan fingerprint density at radius 1 is 1.40 bits per heavy atom. The van der Waals surface area contributed by atoms with Crippen molar-refractivity contribution >= 4 is 23.0 Å². The minimum Gasteiger partial charge on any atom is -0.482 e. The van der Waals surface area contributed by atoms with Gasteiger partial charge in [-0.15, -0.1) is 0 Å². The molecule has 0 saturated carbocycles. The summed E-state index contributed by atoms with van der Waals surface area (Å²) in [7, 11) is 1.25. The quantitative estimate of drug-likeness (QED) is 0.481. The van der Waals surface area contributed by atoms with Gasteiger partial charge in [0.05, 0.1) is 17.6 Å². The van der Waals surface area contributed by atoms with Gasteiger partial charge in [-0.1, -0.05) is 0 Å². The predicted molar refractivity (Wildman–Crippen MR) is 73.1 cm³/mol. The van der Waals surface area contributed by atoms with Gasteiger partial charge in [-0.2, -0.15) is 11.3 Å². The Morgan fingerprint density at radius 2 is 2.20 bits per heavy atom. The van der Waals surface area contributed by atoms with Gasteiger partial charge in [0.2, 0.25) is 0 Å². The highest BCUT2D eigenvalue weighted by atomic mass is 32.1. The van der Waals surface area contributed by atoms with Crippen molar-refractivity contribution in [2.24, 2.45) is 0 Å². The number of hydrogen-bond acceptors (Lipinski definition) is 6. The van der Waals surface area contributed by atoms with Crippen LogP contribution >= 0.6 is 11.3 Å². The molecule has 104 valence electrons. The van der Waals surface area contributed by atoms with Crippen molar-refractivity contribution in [3.63, 3.8) is 0 Å². The number of methoxy groups -OCH3 is 1. The molecule has 0 aliphatic heterocycles. The van der Waals surface area contributed by atoms with E-state index in [1.807, 2.05) is 16.8 Å². The number of nitro benzene ring substituents is 1. The molecule has 0 spiro atoms.